The lowest BCUT2D eigenvalue weighted by molar-refractivity contribution is -0.119. The van der Waals surface area contributed by atoms with Crippen LogP contribution in [0.2, 0.25) is 0 Å². The van der Waals surface area contributed by atoms with Crippen molar-refractivity contribution in [3.05, 3.63) is 54.6 Å². The van der Waals surface area contributed by atoms with Gasteiger partial charge in [-0.25, -0.2) is 9.97 Å². The van der Waals surface area contributed by atoms with Crippen molar-refractivity contribution >= 4 is 28.6 Å². The molecule has 6 heteroatoms. The number of thioether (sulfide) groups is 1. The van der Waals surface area contributed by atoms with E-state index in [1.807, 2.05) is 37.3 Å². The van der Waals surface area contributed by atoms with Gasteiger partial charge < -0.3 is 9.73 Å². The molecule has 1 N–H and O–H groups in total. The minimum Gasteiger partial charge on any atom is -0.459 e. The molecule has 1 amide bonds. The zero-order valence-corrected chi connectivity index (χ0v) is 12.8. The van der Waals surface area contributed by atoms with Gasteiger partial charge in [-0.1, -0.05) is 30.0 Å². The molecule has 0 saturated heterocycles. The second-order valence-corrected chi connectivity index (χ2v) is 5.74. The molecular formula is C16H15N3O2S. The molecule has 22 heavy (non-hydrogen) atoms. The first kappa shape index (κ1) is 14.6. The zero-order chi connectivity index (χ0) is 15.4. The summed E-state index contributed by atoms with van der Waals surface area (Å²) >= 11 is 1.31. The van der Waals surface area contributed by atoms with Crippen LogP contribution in [0.3, 0.4) is 0 Å². The minimum atomic E-state index is -0.183. The lowest BCUT2D eigenvalue weighted by atomic mass is 10.2. The Bertz CT molecular complexity index is 740. The van der Waals surface area contributed by atoms with Crippen LogP contribution in [0, 0.1) is 0 Å². The fourth-order valence-corrected chi connectivity index (χ4v) is 2.67. The number of nitrogens with zero attached hydrogens (tertiary/aromatic N) is 2. The van der Waals surface area contributed by atoms with Crippen molar-refractivity contribution in [3.8, 4) is 0 Å². The molecule has 0 saturated carbocycles. The van der Waals surface area contributed by atoms with Crippen LogP contribution in [0.15, 0.2) is 58.4 Å². The van der Waals surface area contributed by atoms with Crippen LogP contribution in [-0.2, 0) is 4.79 Å². The van der Waals surface area contributed by atoms with Crippen LogP contribution in [0.1, 0.15) is 18.7 Å². The van der Waals surface area contributed by atoms with Crippen LogP contribution in [0.5, 0.6) is 0 Å². The van der Waals surface area contributed by atoms with E-state index < -0.39 is 0 Å². The number of fused-ring (bicyclic) bond motifs is 1. The van der Waals surface area contributed by atoms with E-state index >= 15 is 0 Å². The van der Waals surface area contributed by atoms with E-state index in [2.05, 4.69) is 15.3 Å². The van der Waals surface area contributed by atoms with Crippen LogP contribution in [-0.4, -0.2) is 21.6 Å². The van der Waals surface area contributed by atoms with Crippen molar-refractivity contribution in [1.29, 1.82) is 0 Å². The van der Waals surface area contributed by atoms with E-state index in [0.29, 0.717) is 5.16 Å². The summed E-state index contributed by atoms with van der Waals surface area (Å²) < 4.78 is 5.75. The summed E-state index contributed by atoms with van der Waals surface area (Å²) in [7, 11) is 0. The maximum atomic E-state index is 12.0. The van der Waals surface area contributed by atoms with Crippen LogP contribution in [0.4, 0.5) is 0 Å². The van der Waals surface area contributed by atoms with Gasteiger partial charge in [-0.2, -0.15) is 0 Å². The van der Waals surface area contributed by atoms with E-state index in [9.17, 15) is 4.79 Å². The van der Waals surface area contributed by atoms with Crippen molar-refractivity contribution in [1.82, 2.24) is 15.3 Å². The van der Waals surface area contributed by atoms with Gasteiger partial charge in [-0.3, -0.25) is 4.79 Å². The molecule has 2 aromatic heterocycles. The predicted molar refractivity (Wildman–Crippen MR) is 85.5 cm³/mol. The molecular weight excluding hydrogens is 298 g/mol. The molecule has 0 radical (unpaired) electrons. The molecule has 3 rings (SSSR count). The van der Waals surface area contributed by atoms with Gasteiger partial charge in [0.1, 0.15) is 11.3 Å². The van der Waals surface area contributed by atoms with Gasteiger partial charge in [0, 0.05) is 17.8 Å². The first-order valence-electron chi connectivity index (χ1n) is 6.90. The summed E-state index contributed by atoms with van der Waals surface area (Å²) in [5.41, 5.74) is 0.825. The Hall–Kier alpha value is -2.34. The minimum absolute atomic E-state index is 0.0783. The quantitative estimate of drug-likeness (QED) is 0.579. The summed E-state index contributed by atoms with van der Waals surface area (Å²) in [6, 6.07) is 11.3. The number of carbonyl (C=O) groups is 1. The topological polar surface area (TPSA) is 68.0 Å². The Morgan fingerprint density at radius 1 is 1.27 bits per heavy atom. The average Bonchev–Trinajstić information content (AvgIpc) is 2.98. The molecule has 0 aliphatic heterocycles. The number of nitrogens with one attached hydrogen (secondary N) is 1. The van der Waals surface area contributed by atoms with Crippen molar-refractivity contribution in [3.63, 3.8) is 0 Å². The molecule has 0 aliphatic rings. The molecule has 5 nitrogen and oxygen atoms in total. The maximum absolute atomic E-state index is 12.0. The Morgan fingerprint density at radius 3 is 2.82 bits per heavy atom. The largest absolute Gasteiger partial charge is 0.459 e. The summed E-state index contributed by atoms with van der Waals surface area (Å²) in [6.07, 6.45) is 3.31. The van der Waals surface area contributed by atoms with Gasteiger partial charge in [0.05, 0.1) is 11.8 Å². The number of carbonyl (C=O) groups excluding carboxylic acids is 1. The fourth-order valence-electron chi connectivity index (χ4n) is 2.06. The molecule has 1 aromatic carbocycles. The summed E-state index contributed by atoms with van der Waals surface area (Å²) in [5, 5.41) is 4.54. The SMILES string of the molecule is CC(NC(=O)CSc1ncccn1)c1cc2ccccc2o1. The highest BCUT2D eigenvalue weighted by molar-refractivity contribution is 7.99. The molecule has 112 valence electrons. The lowest BCUT2D eigenvalue weighted by Gasteiger charge is -2.10. The highest BCUT2D eigenvalue weighted by atomic mass is 32.2. The molecule has 1 unspecified atom stereocenters. The molecule has 0 bridgehead atoms. The van der Waals surface area contributed by atoms with Gasteiger partial charge in [-0.05, 0) is 25.1 Å². The number of amides is 1. The standard InChI is InChI=1S/C16H15N3O2S/c1-11(14-9-12-5-2-3-6-13(12)21-14)19-15(20)10-22-16-17-7-4-8-18-16/h2-9,11H,10H2,1H3,(H,19,20). The van der Waals surface area contributed by atoms with Crippen molar-refractivity contribution in [2.75, 3.05) is 5.75 Å². The first-order chi connectivity index (χ1) is 10.7. The Morgan fingerprint density at radius 2 is 2.05 bits per heavy atom. The van der Waals surface area contributed by atoms with Gasteiger partial charge in [0.2, 0.25) is 5.91 Å². The van der Waals surface area contributed by atoms with Gasteiger partial charge >= 0.3 is 0 Å². The third-order valence-electron chi connectivity index (χ3n) is 3.12. The summed E-state index contributed by atoms with van der Waals surface area (Å²) in [4.78, 5) is 20.1. The third-order valence-corrected chi connectivity index (χ3v) is 4.00. The summed E-state index contributed by atoms with van der Waals surface area (Å²) in [6.45, 7) is 1.90. The fraction of sp³-hybridized carbons (Fsp3) is 0.188. The summed E-state index contributed by atoms with van der Waals surface area (Å²) in [5.74, 6) is 0.940. The number of furan rings is 1. The molecule has 1 atom stereocenters. The molecule has 0 spiro atoms. The Balaban J connectivity index is 1.58. The number of benzene rings is 1. The first-order valence-corrected chi connectivity index (χ1v) is 7.88. The van der Waals surface area contributed by atoms with Gasteiger partial charge in [0.15, 0.2) is 5.16 Å². The monoisotopic (exact) mass is 313 g/mol. The average molecular weight is 313 g/mol. The van der Waals surface area contributed by atoms with E-state index in [1.54, 1.807) is 18.5 Å². The smallest absolute Gasteiger partial charge is 0.231 e. The number of aromatic nitrogens is 2. The van der Waals surface area contributed by atoms with Crippen LogP contribution < -0.4 is 5.32 Å². The van der Waals surface area contributed by atoms with E-state index in [0.717, 1.165) is 16.7 Å². The van der Waals surface area contributed by atoms with Crippen molar-refractivity contribution in [2.45, 2.75) is 18.1 Å². The highest BCUT2D eigenvalue weighted by Gasteiger charge is 2.14. The van der Waals surface area contributed by atoms with E-state index in [4.69, 9.17) is 4.42 Å². The third kappa shape index (κ3) is 3.46. The van der Waals surface area contributed by atoms with Crippen molar-refractivity contribution < 1.29 is 9.21 Å². The second-order valence-electron chi connectivity index (χ2n) is 4.80. The number of rotatable bonds is 5. The number of hydrogen-bond acceptors (Lipinski definition) is 5. The maximum Gasteiger partial charge on any atom is 0.231 e. The lowest BCUT2D eigenvalue weighted by Crippen LogP contribution is -2.28. The van der Waals surface area contributed by atoms with E-state index in [-0.39, 0.29) is 17.7 Å². The van der Waals surface area contributed by atoms with Crippen LogP contribution in [0.25, 0.3) is 11.0 Å². The molecule has 0 fully saturated rings. The Labute approximate surface area is 132 Å². The highest BCUT2D eigenvalue weighted by Crippen LogP contribution is 2.23. The normalized spacial score (nSPS) is 12.2. The zero-order valence-electron chi connectivity index (χ0n) is 12.0. The Kier molecular flexibility index (Phi) is 4.39. The molecule has 0 aliphatic carbocycles. The van der Waals surface area contributed by atoms with Gasteiger partial charge in [0.25, 0.3) is 0 Å². The molecule has 2 heterocycles. The second kappa shape index (κ2) is 6.62. The van der Waals surface area contributed by atoms with Crippen molar-refractivity contribution in [2.24, 2.45) is 0 Å². The van der Waals surface area contributed by atoms with Gasteiger partial charge in [-0.15, -0.1) is 0 Å². The van der Waals surface area contributed by atoms with E-state index in [1.165, 1.54) is 11.8 Å². The number of para-hydroxylation sites is 1. The molecule has 3 aromatic rings. The number of hydrogen-bond donors (Lipinski definition) is 1. The predicted octanol–water partition coefficient (Wildman–Crippen LogP) is 3.19. The van der Waals surface area contributed by atoms with Crippen LogP contribution >= 0.6 is 11.8 Å².